The summed E-state index contributed by atoms with van der Waals surface area (Å²) in [5.41, 5.74) is 1.89. The first-order chi connectivity index (χ1) is 12.3. The van der Waals surface area contributed by atoms with Crippen molar-refractivity contribution in [2.75, 3.05) is 31.7 Å². The number of aliphatic hydroxyl groups is 1. The van der Waals surface area contributed by atoms with Crippen LogP contribution < -0.4 is 9.64 Å². The van der Waals surface area contributed by atoms with Crippen LogP contribution in [0.5, 0.6) is 5.75 Å². The zero-order chi connectivity index (χ0) is 17.2. The topological polar surface area (TPSA) is 58.5 Å². The summed E-state index contributed by atoms with van der Waals surface area (Å²) in [6, 6.07) is 16.1. The number of hydrogen-bond acceptors (Lipinski definition) is 5. The van der Waals surface area contributed by atoms with Crippen molar-refractivity contribution in [1.82, 2.24) is 10.2 Å². The number of methoxy groups -OCH3 is 1. The second-order valence-corrected chi connectivity index (χ2v) is 6.43. The Balaban J connectivity index is 1.79. The summed E-state index contributed by atoms with van der Waals surface area (Å²) in [5, 5.41) is 20.7. The van der Waals surface area contributed by atoms with Gasteiger partial charge in [-0.05, 0) is 30.7 Å². The molecule has 3 aromatic rings. The van der Waals surface area contributed by atoms with Gasteiger partial charge in [-0.3, -0.25) is 0 Å². The van der Waals surface area contributed by atoms with Gasteiger partial charge in [0.15, 0.2) is 5.82 Å². The molecule has 0 aliphatic carbocycles. The van der Waals surface area contributed by atoms with Crippen LogP contribution in [0.25, 0.3) is 22.0 Å². The Kier molecular flexibility index (Phi) is 4.24. The van der Waals surface area contributed by atoms with Gasteiger partial charge in [-0.1, -0.05) is 24.3 Å². The third-order valence-electron chi connectivity index (χ3n) is 4.87. The number of benzene rings is 2. The summed E-state index contributed by atoms with van der Waals surface area (Å²) in [6.07, 6.45) is 0.993. The lowest BCUT2D eigenvalue weighted by Gasteiger charge is -2.19. The molecule has 1 N–H and O–H groups in total. The summed E-state index contributed by atoms with van der Waals surface area (Å²) < 4.78 is 5.24. The Morgan fingerprint density at radius 1 is 1.08 bits per heavy atom. The maximum atomic E-state index is 9.41. The number of hydrogen-bond donors (Lipinski definition) is 1. The summed E-state index contributed by atoms with van der Waals surface area (Å²) in [6.45, 7) is 1.97. The first-order valence-electron chi connectivity index (χ1n) is 8.56. The van der Waals surface area contributed by atoms with Crippen LogP contribution in [0.4, 0.5) is 5.82 Å². The fourth-order valence-corrected chi connectivity index (χ4v) is 3.46. The SMILES string of the molecule is COc1ccc(-c2nnc(N3CC[C@@H](CO)C3)c3ccccc23)cc1. The zero-order valence-electron chi connectivity index (χ0n) is 14.2. The van der Waals surface area contributed by atoms with Crippen LogP contribution in [-0.2, 0) is 0 Å². The van der Waals surface area contributed by atoms with E-state index in [9.17, 15) is 5.11 Å². The van der Waals surface area contributed by atoms with Gasteiger partial charge in [0.05, 0.1) is 7.11 Å². The lowest BCUT2D eigenvalue weighted by atomic mass is 10.0. The molecule has 1 aliphatic heterocycles. The second-order valence-electron chi connectivity index (χ2n) is 6.43. The lowest BCUT2D eigenvalue weighted by Crippen LogP contribution is -2.22. The molecule has 0 spiro atoms. The molecule has 128 valence electrons. The Labute approximate surface area is 146 Å². The standard InChI is InChI=1S/C20H21N3O2/c1-25-16-8-6-15(7-9-16)19-17-4-2-3-5-18(17)20(22-21-19)23-11-10-14(12-23)13-24/h2-9,14,24H,10-13H2,1H3/t14-/m1/s1. The van der Waals surface area contributed by atoms with E-state index in [2.05, 4.69) is 27.2 Å². The quantitative estimate of drug-likeness (QED) is 0.794. The van der Waals surface area contributed by atoms with Gasteiger partial charge >= 0.3 is 0 Å². The van der Waals surface area contributed by atoms with E-state index >= 15 is 0 Å². The van der Waals surface area contributed by atoms with Crippen LogP contribution in [0.1, 0.15) is 6.42 Å². The minimum atomic E-state index is 0.228. The maximum Gasteiger partial charge on any atom is 0.159 e. The largest absolute Gasteiger partial charge is 0.497 e. The lowest BCUT2D eigenvalue weighted by molar-refractivity contribution is 0.238. The Morgan fingerprint density at radius 2 is 1.84 bits per heavy atom. The highest BCUT2D eigenvalue weighted by atomic mass is 16.5. The van der Waals surface area contributed by atoms with Gasteiger partial charge < -0.3 is 14.7 Å². The first kappa shape index (κ1) is 15.8. The number of nitrogens with zero attached hydrogens (tertiary/aromatic N) is 3. The average Bonchev–Trinajstić information content (AvgIpc) is 3.16. The molecule has 2 aromatic carbocycles. The second kappa shape index (κ2) is 6.69. The Bertz CT molecular complexity index is 880. The van der Waals surface area contributed by atoms with Gasteiger partial charge in [-0.2, -0.15) is 0 Å². The van der Waals surface area contributed by atoms with E-state index in [1.807, 2.05) is 36.4 Å². The third kappa shape index (κ3) is 2.91. The third-order valence-corrected chi connectivity index (χ3v) is 4.87. The van der Waals surface area contributed by atoms with E-state index in [1.54, 1.807) is 7.11 Å². The van der Waals surface area contributed by atoms with Gasteiger partial charge in [0.2, 0.25) is 0 Å². The van der Waals surface area contributed by atoms with Crippen molar-refractivity contribution in [3.63, 3.8) is 0 Å². The number of aromatic nitrogens is 2. The van der Waals surface area contributed by atoms with E-state index < -0.39 is 0 Å². The van der Waals surface area contributed by atoms with Crippen LogP contribution in [0.15, 0.2) is 48.5 Å². The van der Waals surface area contributed by atoms with Gasteiger partial charge in [0.25, 0.3) is 0 Å². The van der Waals surface area contributed by atoms with Crippen molar-refractivity contribution in [3.05, 3.63) is 48.5 Å². The molecule has 4 rings (SSSR count). The van der Waals surface area contributed by atoms with Crippen LogP contribution in [0.2, 0.25) is 0 Å². The summed E-state index contributed by atoms with van der Waals surface area (Å²) in [4.78, 5) is 2.23. The summed E-state index contributed by atoms with van der Waals surface area (Å²) in [5.74, 6) is 2.05. The average molecular weight is 335 g/mol. The monoisotopic (exact) mass is 335 g/mol. The van der Waals surface area contributed by atoms with Crippen molar-refractivity contribution in [3.8, 4) is 17.0 Å². The summed E-state index contributed by atoms with van der Waals surface area (Å²) >= 11 is 0. The molecule has 1 fully saturated rings. The molecule has 0 unspecified atom stereocenters. The van der Waals surface area contributed by atoms with Crippen molar-refractivity contribution in [1.29, 1.82) is 0 Å². The molecule has 5 heteroatoms. The van der Waals surface area contributed by atoms with E-state index in [4.69, 9.17) is 4.74 Å². The molecular weight excluding hydrogens is 314 g/mol. The van der Waals surface area contributed by atoms with E-state index in [0.29, 0.717) is 5.92 Å². The Morgan fingerprint density at radius 3 is 2.52 bits per heavy atom. The molecule has 0 amide bonds. The van der Waals surface area contributed by atoms with Crippen molar-refractivity contribution < 1.29 is 9.84 Å². The highest BCUT2D eigenvalue weighted by Crippen LogP contribution is 2.33. The minimum Gasteiger partial charge on any atom is -0.497 e. The molecule has 0 bridgehead atoms. The smallest absolute Gasteiger partial charge is 0.159 e. The van der Waals surface area contributed by atoms with Crippen LogP contribution in [-0.4, -0.2) is 42.1 Å². The maximum absolute atomic E-state index is 9.41. The van der Waals surface area contributed by atoms with E-state index in [-0.39, 0.29) is 6.61 Å². The molecule has 1 atom stereocenters. The molecule has 5 nitrogen and oxygen atoms in total. The molecule has 1 saturated heterocycles. The molecule has 25 heavy (non-hydrogen) atoms. The van der Waals surface area contributed by atoms with Crippen molar-refractivity contribution >= 4 is 16.6 Å². The van der Waals surface area contributed by atoms with Gasteiger partial charge in [0, 0.05) is 42.0 Å². The van der Waals surface area contributed by atoms with Gasteiger partial charge in [-0.15, -0.1) is 10.2 Å². The molecule has 2 heterocycles. The molecule has 0 saturated carbocycles. The number of ether oxygens (including phenoxy) is 1. The predicted molar refractivity (Wildman–Crippen MR) is 98.9 cm³/mol. The minimum absolute atomic E-state index is 0.228. The first-order valence-corrected chi connectivity index (χ1v) is 8.56. The number of fused-ring (bicyclic) bond motifs is 1. The number of rotatable bonds is 4. The summed E-state index contributed by atoms with van der Waals surface area (Å²) in [7, 11) is 1.66. The van der Waals surface area contributed by atoms with Gasteiger partial charge in [-0.25, -0.2) is 0 Å². The highest BCUT2D eigenvalue weighted by molar-refractivity contribution is 6.00. The van der Waals surface area contributed by atoms with Crippen molar-refractivity contribution in [2.24, 2.45) is 5.92 Å². The normalized spacial score (nSPS) is 17.2. The molecule has 1 aromatic heterocycles. The number of anilines is 1. The van der Waals surface area contributed by atoms with Crippen LogP contribution in [0, 0.1) is 5.92 Å². The molecule has 1 aliphatic rings. The fourth-order valence-electron chi connectivity index (χ4n) is 3.46. The number of aliphatic hydroxyl groups excluding tert-OH is 1. The van der Waals surface area contributed by atoms with E-state index in [0.717, 1.165) is 53.1 Å². The van der Waals surface area contributed by atoms with Gasteiger partial charge in [0.1, 0.15) is 11.4 Å². The van der Waals surface area contributed by atoms with Crippen LogP contribution >= 0.6 is 0 Å². The van der Waals surface area contributed by atoms with Crippen molar-refractivity contribution in [2.45, 2.75) is 6.42 Å². The molecule has 0 radical (unpaired) electrons. The van der Waals surface area contributed by atoms with E-state index in [1.165, 1.54) is 0 Å². The van der Waals surface area contributed by atoms with Crippen LogP contribution in [0.3, 0.4) is 0 Å². The molecular formula is C20H21N3O2. The predicted octanol–water partition coefficient (Wildman–Crippen LogP) is 3.12. The highest BCUT2D eigenvalue weighted by Gasteiger charge is 2.25. The Hall–Kier alpha value is -2.66. The zero-order valence-corrected chi connectivity index (χ0v) is 14.2. The fraction of sp³-hybridized carbons (Fsp3) is 0.300.